The molecule has 4 nitrogen and oxygen atoms in total. The molecule has 2 N–H and O–H groups in total. The fourth-order valence-electron chi connectivity index (χ4n) is 3.22. The molecular weight excluding hydrogens is 262 g/mol. The Labute approximate surface area is 125 Å². The fraction of sp³-hybridized carbons (Fsp3) is 0.471. The maximum absolute atomic E-state index is 6.03. The zero-order chi connectivity index (χ0) is 15.0. The monoisotopic (exact) mass is 285 g/mol. The van der Waals surface area contributed by atoms with Crippen LogP contribution in [-0.2, 0) is 19.4 Å². The van der Waals surface area contributed by atoms with Gasteiger partial charge in [0.05, 0.1) is 12.3 Å². The number of rotatable bonds is 4. The van der Waals surface area contributed by atoms with Gasteiger partial charge in [0.2, 0.25) is 0 Å². The summed E-state index contributed by atoms with van der Waals surface area (Å²) in [5.74, 6) is 1.05. The molecule has 1 unspecified atom stereocenters. The summed E-state index contributed by atoms with van der Waals surface area (Å²) in [7, 11) is 0. The van der Waals surface area contributed by atoms with Crippen LogP contribution >= 0.6 is 0 Å². The number of aryl methyl sites for hydroxylation is 3. The second kappa shape index (κ2) is 5.53. The second-order valence-corrected chi connectivity index (χ2v) is 5.89. The first-order valence-electron chi connectivity index (χ1n) is 7.60. The SMILES string of the molecule is Cc1nn(CCc2ccc3c(c2)CCO3)c(C)c1C(C)N. The Morgan fingerprint density at radius 3 is 2.90 bits per heavy atom. The van der Waals surface area contributed by atoms with Crippen LogP contribution in [-0.4, -0.2) is 16.4 Å². The largest absolute Gasteiger partial charge is 0.493 e. The Balaban J connectivity index is 1.75. The molecule has 0 saturated heterocycles. The molecule has 2 heterocycles. The van der Waals surface area contributed by atoms with Crippen LogP contribution in [0.4, 0.5) is 0 Å². The average Bonchev–Trinajstić information content (AvgIpc) is 3.00. The maximum Gasteiger partial charge on any atom is 0.122 e. The van der Waals surface area contributed by atoms with Gasteiger partial charge in [0, 0.05) is 30.3 Å². The second-order valence-electron chi connectivity index (χ2n) is 5.89. The van der Waals surface area contributed by atoms with Crippen molar-refractivity contribution in [2.75, 3.05) is 6.61 Å². The molecule has 0 aliphatic carbocycles. The van der Waals surface area contributed by atoms with Gasteiger partial charge in [0.15, 0.2) is 0 Å². The van der Waals surface area contributed by atoms with Gasteiger partial charge < -0.3 is 10.5 Å². The van der Waals surface area contributed by atoms with Crippen molar-refractivity contribution in [2.24, 2.45) is 5.73 Å². The molecule has 0 saturated carbocycles. The number of hydrogen-bond donors (Lipinski definition) is 1. The summed E-state index contributed by atoms with van der Waals surface area (Å²) in [4.78, 5) is 0. The first-order chi connectivity index (χ1) is 10.1. The molecule has 0 fully saturated rings. The minimum atomic E-state index is 0.0379. The third kappa shape index (κ3) is 2.68. The molecule has 0 radical (unpaired) electrons. The molecule has 1 aliphatic rings. The van der Waals surface area contributed by atoms with Gasteiger partial charge >= 0.3 is 0 Å². The normalized spacial score (nSPS) is 14.9. The zero-order valence-electron chi connectivity index (χ0n) is 13.0. The van der Waals surface area contributed by atoms with E-state index in [9.17, 15) is 0 Å². The number of nitrogens with two attached hydrogens (primary N) is 1. The van der Waals surface area contributed by atoms with E-state index in [2.05, 4.69) is 34.9 Å². The van der Waals surface area contributed by atoms with Crippen molar-refractivity contribution >= 4 is 0 Å². The summed E-state index contributed by atoms with van der Waals surface area (Å²) >= 11 is 0. The summed E-state index contributed by atoms with van der Waals surface area (Å²) in [5, 5.41) is 4.63. The van der Waals surface area contributed by atoms with E-state index in [1.54, 1.807) is 0 Å². The number of hydrogen-bond acceptors (Lipinski definition) is 3. The molecule has 4 heteroatoms. The molecule has 2 aromatic rings. The van der Waals surface area contributed by atoms with Gasteiger partial charge in [-0.2, -0.15) is 5.10 Å². The summed E-state index contributed by atoms with van der Waals surface area (Å²) in [6.07, 6.45) is 2.01. The van der Waals surface area contributed by atoms with E-state index in [0.29, 0.717) is 0 Å². The zero-order valence-corrected chi connectivity index (χ0v) is 13.0. The molecule has 1 aromatic heterocycles. The Bertz CT molecular complexity index is 658. The highest BCUT2D eigenvalue weighted by molar-refractivity contribution is 5.39. The van der Waals surface area contributed by atoms with Gasteiger partial charge in [0.1, 0.15) is 5.75 Å². The van der Waals surface area contributed by atoms with Crippen LogP contribution < -0.4 is 10.5 Å². The number of aromatic nitrogens is 2. The van der Waals surface area contributed by atoms with Gasteiger partial charge in [0.25, 0.3) is 0 Å². The van der Waals surface area contributed by atoms with Gasteiger partial charge in [-0.1, -0.05) is 12.1 Å². The quantitative estimate of drug-likeness (QED) is 0.939. The third-order valence-corrected chi connectivity index (χ3v) is 4.26. The van der Waals surface area contributed by atoms with Crippen LogP contribution in [0.15, 0.2) is 18.2 Å². The van der Waals surface area contributed by atoms with Crippen LogP contribution in [0.25, 0.3) is 0 Å². The van der Waals surface area contributed by atoms with Crippen LogP contribution in [0.2, 0.25) is 0 Å². The predicted molar refractivity (Wildman–Crippen MR) is 83.6 cm³/mol. The van der Waals surface area contributed by atoms with Crippen molar-refractivity contribution in [3.05, 3.63) is 46.3 Å². The Morgan fingerprint density at radius 1 is 1.38 bits per heavy atom. The van der Waals surface area contributed by atoms with Crippen molar-refractivity contribution in [1.29, 1.82) is 0 Å². The van der Waals surface area contributed by atoms with E-state index < -0.39 is 0 Å². The molecular formula is C17H23N3O. The minimum Gasteiger partial charge on any atom is -0.493 e. The van der Waals surface area contributed by atoms with Crippen molar-refractivity contribution in [1.82, 2.24) is 9.78 Å². The van der Waals surface area contributed by atoms with E-state index in [-0.39, 0.29) is 6.04 Å². The molecule has 21 heavy (non-hydrogen) atoms. The molecule has 1 aliphatic heterocycles. The number of fused-ring (bicyclic) bond motifs is 1. The van der Waals surface area contributed by atoms with Gasteiger partial charge in [-0.25, -0.2) is 0 Å². The summed E-state index contributed by atoms with van der Waals surface area (Å²) in [5.41, 5.74) is 12.1. The van der Waals surface area contributed by atoms with Gasteiger partial charge in [-0.05, 0) is 44.4 Å². The van der Waals surface area contributed by atoms with Gasteiger partial charge in [-0.3, -0.25) is 4.68 Å². The van der Waals surface area contributed by atoms with Crippen LogP contribution in [0.1, 0.15) is 41.0 Å². The maximum atomic E-state index is 6.03. The topological polar surface area (TPSA) is 53.1 Å². The van der Waals surface area contributed by atoms with Crippen LogP contribution in [0, 0.1) is 13.8 Å². The smallest absolute Gasteiger partial charge is 0.122 e. The average molecular weight is 285 g/mol. The lowest BCUT2D eigenvalue weighted by Crippen LogP contribution is -2.09. The van der Waals surface area contributed by atoms with Crippen LogP contribution in [0.3, 0.4) is 0 Å². The molecule has 112 valence electrons. The first kappa shape index (κ1) is 14.1. The molecule has 1 aromatic carbocycles. The molecule has 0 amide bonds. The van der Waals surface area contributed by atoms with E-state index in [0.717, 1.165) is 37.4 Å². The lowest BCUT2D eigenvalue weighted by Gasteiger charge is -2.08. The van der Waals surface area contributed by atoms with E-state index in [1.165, 1.54) is 22.4 Å². The van der Waals surface area contributed by atoms with E-state index >= 15 is 0 Å². The first-order valence-corrected chi connectivity index (χ1v) is 7.60. The summed E-state index contributed by atoms with van der Waals surface area (Å²) < 4.78 is 7.63. The Morgan fingerprint density at radius 2 is 2.19 bits per heavy atom. The predicted octanol–water partition coefficient (Wildman–Crippen LogP) is 2.70. The van der Waals surface area contributed by atoms with E-state index in [1.807, 2.05) is 13.8 Å². The summed E-state index contributed by atoms with van der Waals surface area (Å²) in [6, 6.07) is 6.55. The highest BCUT2D eigenvalue weighted by atomic mass is 16.5. The minimum absolute atomic E-state index is 0.0379. The highest BCUT2D eigenvalue weighted by Crippen LogP contribution is 2.26. The fourth-order valence-corrected chi connectivity index (χ4v) is 3.22. The number of ether oxygens (including phenoxy) is 1. The number of nitrogens with zero attached hydrogens (tertiary/aromatic N) is 2. The molecule has 1 atom stereocenters. The van der Waals surface area contributed by atoms with Crippen molar-refractivity contribution in [3.8, 4) is 5.75 Å². The molecule has 3 rings (SSSR count). The van der Waals surface area contributed by atoms with E-state index in [4.69, 9.17) is 10.5 Å². The molecule has 0 spiro atoms. The lowest BCUT2D eigenvalue weighted by molar-refractivity contribution is 0.357. The summed E-state index contributed by atoms with van der Waals surface area (Å²) in [6.45, 7) is 7.86. The van der Waals surface area contributed by atoms with Crippen molar-refractivity contribution in [2.45, 2.75) is 46.2 Å². The number of benzene rings is 1. The van der Waals surface area contributed by atoms with Gasteiger partial charge in [-0.15, -0.1) is 0 Å². The standard InChI is InChI=1S/C17H23N3O/c1-11(18)17-12(2)19-20(13(17)3)8-6-14-4-5-16-15(10-14)7-9-21-16/h4-5,10-11H,6-9,18H2,1-3H3. The molecule has 0 bridgehead atoms. The van der Waals surface area contributed by atoms with Crippen LogP contribution in [0.5, 0.6) is 5.75 Å². The Kier molecular flexibility index (Phi) is 3.72. The van der Waals surface area contributed by atoms with Crippen molar-refractivity contribution in [3.63, 3.8) is 0 Å². The Hall–Kier alpha value is -1.81. The highest BCUT2D eigenvalue weighted by Gasteiger charge is 2.15. The lowest BCUT2D eigenvalue weighted by atomic mass is 10.1. The van der Waals surface area contributed by atoms with Crippen molar-refractivity contribution < 1.29 is 4.74 Å². The third-order valence-electron chi connectivity index (χ3n) is 4.26.